The summed E-state index contributed by atoms with van der Waals surface area (Å²) in [5.74, 6) is -9.30. The van der Waals surface area contributed by atoms with Crippen molar-refractivity contribution in [2.45, 2.75) is 422 Å². The fraction of sp³-hybridized carbons (Fsp3) is 0.879. The molecule has 32 nitrogen and oxygen atoms in total. The van der Waals surface area contributed by atoms with Gasteiger partial charge >= 0.3 is 36.6 Å². The molecule has 0 heterocycles. The molecule has 770 valence electrons. The van der Waals surface area contributed by atoms with Crippen molar-refractivity contribution in [2.24, 2.45) is 29.6 Å². The molecule has 33 heteroatoms. The van der Waals surface area contributed by atoms with E-state index in [9.17, 15) is 38.4 Å². The Kier molecular flexibility index (Phi) is 69.9. The lowest BCUT2D eigenvalue weighted by Crippen LogP contribution is -2.45. The van der Waals surface area contributed by atoms with Crippen LogP contribution in [0.5, 0.6) is 0 Å². The van der Waals surface area contributed by atoms with E-state index in [1.165, 1.54) is 172 Å². The molecule has 12 amide bonds. The number of alkyl carbamates (subject to hydrolysis) is 6. The summed E-state index contributed by atoms with van der Waals surface area (Å²) in [5.41, 5.74) is -5.05. The van der Waals surface area contributed by atoms with E-state index in [1.54, 1.807) is 125 Å². The van der Waals surface area contributed by atoms with Gasteiger partial charge in [-0.25, -0.2) is 28.8 Å². The number of nitrogens with one attached hydrogen (secondary N) is 12. The molecule has 0 aromatic heterocycles. The Hall–Kier alpha value is -7.29. The Morgan fingerprint density at radius 1 is 0.242 bits per heavy atom. The first-order chi connectivity index (χ1) is 62.2. The summed E-state index contributed by atoms with van der Waals surface area (Å²) < 4.78 is 45.8. The Labute approximate surface area is 800 Å². The molecule has 0 saturated heterocycles. The van der Waals surface area contributed by atoms with Crippen molar-refractivity contribution in [3.05, 3.63) is 0 Å². The second kappa shape index (κ2) is 74.0. The van der Waals surface area contributed by atoms with Gasteiger partial charge in [0.05, 0.1) is 12.7 Å². The lowest BCUT2D eigenvalue weighted by Gasteiger charge is -2.29. The second-order valence-corrected chi connectivity index (χ2v) is 42.1. The van der Waals surface area contributed by atoms with E-state index in [0.717, 1.165) is 44.9 Å². The molecule has 0 bridgehead atoms. The lowest BCUT2D eigenvalue weighted by molar-refractivity contribution is -0.131. The van der Waals surface area contributed by atoms with Crippen molar-refractivity contribution in [1.82, 2.24) is 63.8 Å². The summed E-state index contributed by atoms with van der Waals surface area (Å²) in [6.45, 7) is 35.2. The van der Waals surface area contributed by atoms with Crippen molar-refractivity contribution < 1.29 is 95.4 Å². The van der Waals surface area contributed by atoms with Gasteiger partial charge in [-0.3, -0.25) is 28.8 Å². The molecule has 0 rings (SSSR count). The highest BCUT2D eigenvalue weighted by molar-refractivity contribution is 7.99. The standard InChI is InChI=1S/C99H188N12O20S/c1-21-23-25-27-29-31-33-35-37-39-41-43-45-47-49-51-67-124-73-81(125-68-52-50-48-46-44-42-40-38-36-34-32-30-28-26-24-22-2)75-132-74-80(87(117)105-60-66-111-93(123)131-99(18,19)20)72-79(86(116)104-59-65-110-92(122)130-98(15,16)17)71-78(85(115)103-58-64-109-91(121)129-97(12,13)14)70-77(84(114)102-57-63-108-90(120)128-96(9,10)11)69-76(83(113)101-56-62-107-89(119)127-95(6,7)8)53-54-82(112)100-55-61-106-88(118)126-94(3,4)5/h76-81H,21-75H2,1-20H3,(H,100,112)(H,101,113)(H,102,114)(H,103,115)(H,104,116)(H,105,117)(H,106,118)(H,107,119)(H,108,120)(H,109,121)(H,110,122)(H,111,123). The third kappa shape index (κ3) is 80.0. The number of amides is 12. The molecule has 132 heavy (non-hydrogen) atoms. The number of thioether (sulfide) groups is 1. The van der Waals surface area contributed by atoms with Gasteiger partial charge in [0.15, 0.2) is 0 Å². The topological polar surface area (TPSA) is 423 Å². The van der Waals surface area contributed by atoms with Gasteiger partial charge in [-0.05, 0) is 170 Å². The van der Waals surface area contributed by atoms with Crippen molar-refractivity contribution in [3.63, 3.8) is 0 Å². The lowest BCUT2D eigenvalue weighted by atomic mass is 9.78. The van der Waals surface area contributed by atoms with E-state index >= 15 is 19.2 Å². The zero-order valence-electron chi connectivity index (χ0n) is 85.9. The predicted molar refractivity (Wildman–Crippen MR) is 526 cm³/mol. The van der Waals surface area contributed by atoms with E-state index in [-0.39, 0.29) is 122 Å². The average Bonchev–Trinajstić information content (AvgIpc) is 0.843. The quantitative estimate of drug-likeness (QED) is 0.0199. The van der Waals surface area contributed by atoms with Crippen LogP contribution < -0.4 is 63.8 Å². The number of carbonyl (C=O) groups excluding carboxylic acids is 12. The average molecular weight is 1900 g/mol. The van der Waals surface area contributed by atoms with Gasteiger partial charge in [-0.2, -0.15) is 11.8 Å². The minimum absolute atomic E-state index is 0.00941. The molecule has 0 radical (unpaired) electrons. The van der Waals surface area contributed by atoms with Crippen LogP contribution in [0.1, 0.15) is 382 Å². The van der Waals surface area contributed by atoms with Crippen molar-refractivity contribution in [3.8, 4) is 0 Å². The number of hydrogen-bond acceptors (Lipinski definition) is 21. The van der Waals surface area contributed by atoms with E-state index in [1.807, 2.05) is 0 Å². The van der Waals surface area contributed by atoms with Crippen LogP contribution in [0.2, 0.25) is 0 Å². The molecule has 0 aliphatic heterocycles. The Bertz CT molecular complexity index is 3130. The molecule has 6 atom stereocenters. The number of ether oxygens (including phenoxy) is 8. The maximum atomic E-state index is 15.5. The molecule has 0 spiro atoms. The molecular formula is C99H188N12O20S. The second-order valence-electron chi connectivity index (χ2n) is 41.1. The minimum atomic E-state index is -1.34. The summed E-state index contributed by atoms with van der Waals surface area (Å²) in [4.78, 5) is 167. The van der Waals surface area contributed by atoms with Crippen LogP contribution in [0.3, 0.4) is 0 Å². The molecule has 0 fully saturated rings. The molecule has 0 aromatic carbocycles. The van der Waals surface area contributed by atoms with Gasteiger partial charge in [0, 0.05) is 139 Å². The van der Waals surface area contributed by atoms with Crippen molar-refractivity contribution in [1.29, 1.82) is 0 Å². The third-order valence-corrected chi connectivity index (χ3v) is 22.1. The van der Waals surface area contributed by atoms with Crippen LogP contribution in [0.25, 0.3) is 0 Å². The molecule has 6 unspecified atom stereocenters. The van der Waals surface area contributed by atoms with Crippen molar-refractivity contribution in [2.75, 3.05) is 110 Å². The summed E-state index contributed by atoms with van der Waals surface area (Å²) in [5, 5.41) is 33.1. The maximum absolute atomic E-state index is 15.5. The summed E-state index contributed by atoms with van der Waals surface area (Å²) in [6.07, 6.45) is 33.1. The molecule has 12 N–H and O–H groups in total. The number of hydrogen-bond donors (Lipinski definition) is 12. The first-order valence-electron chi connectivity index (χ1n) is 50.4. The summed E-state index contributed by atoms with van der Waals surface area (Å²) >= 11 is 1.44. The van der Waals surface area contributed by atoms with Crippen LogP contribution in [0.4, 0.5) is 28.8 Å². The normalized spacial score (nSPS) is 13.3. The fourth-order valence-electron chi connectivity index (χ4n) is 14.4. The van der Waals surface area contributed by atoms with Crippen LogP contribution in [0.15, 0.2) is 0 Å². The highest BCUT2D eigenvalue weighted by atomic mass is 32.2. The molecule has 0 aliphatic carbocycles. The minimum Gasteiger partial charge on any atom is -0.444 e. The highest BCUT2D eigenvalue weighted by Gasteiger charge is 2.38. The van der Waals surface area contributed by atoms with Gasteiger partial charge < -0.3 is 102 Å². The van der Waals surface area contributed by atoms with Crippen LogP contribution >= 0.6 is 11.8 Å². The predicted octanol–water partition coefficient (Wildman–Crippen LogP) is 17.9. The Morgan fingerprint density at radius 2 is 0.455 bits per heavy atom. The number of carbonyl (C=O) groups is 12. The van der Waals surface area contributed by atoms with Gasteiger partial charge in [-0.1, -0.05) is 206 Å². The van der Waals surface area contributed by atoms with Gasteiger partial charge in [0.1, 0.15) is 33.6 Å². The van der Waals surface area contributed by atoms with Gasteiger partial charge in [0.25, 0.3) is 0 Å². The van der Waals surface area contributed by atoms with Crippen LogP contribution in [-0.2, 0) is 66.7 Å². The van der Waals surface area contributed by atoms with E-state index < -0.39 is 142 Å². The van der Waals surface area contributed by atoms with Gasteiger partial charge in [-0.15, -0.1) is 0 Å². The SMILES string of the molecule is CCCCCCCCCCCCCCCCCCOCC(CSCC(CC(CC(CC(CC(CCC(=O)NCCNC(=O)OC(C)(C)C)C(=O)NCCNC(=O)OC(C)(C)C)C(=O)NCCNC(=O)OC(C)(C)C)C(=O)NCCNC(=O)OC(C)(C)C)C(=O)NCCNC(=O)OC(C)(C)C)C(=O)NCCNC(=O)OC(C)(C)C)OCCCCCCCCCCCCCCCCCC. The maximum Gasteiger partial charge on any atom is 0.407 e. The third-order valence-electron chi connectivity index (χ3n) is 20.8. The number of unbranched alkanes of at least 4 members (excludes halogenated alkanes) is 30. The van der Waals surface area contributed by atoms with E-state index in [0.29, 0.717) is 25.6 Å². The smallest absolute Gasteiger partial charge is 0.407 e. The zero-order chi connectivity index (χ0) is 99.1. The zero-order valence-corrected chi connectivity index (χ0v) is 86.7. The Balaban J connectivity index is 8.22. The molecule has 0 aliphatic rings. The van der Waals surface area contributed by atoms with Crippen LogP contribution in [0, 0.1) is 29.6 Å². The number of rotatable bonds is 75. The Morgan fingerprint density at radius 3 is 0.720 bits per heavy atom. The first-order valence-corrected chi connectivity index (χ1v) is 51.6. The van der Waals surface area contributed by atoms with E-state index in [4.69, 9.17) is 37.9 Å². The first kappa shape index (κ1) is 125. The van der Waals surface area contributed by atoms with Crippen molar-refractivity contribution >= 4 is 83.8 Å². The monoisotopic (exact) mass is 1900 g/mol. The molecule has 0 saturated carbocycles. The largest absolute Gasteiger partial charge is 0.444 e. The summed E-state index contributed by atoms with van der Waals surface area (Å²) in [7, 11) is 0. The van der Waals surface area contributed by atoms with Crippen LogP contribution in [-0.4, -0.2) is 222 Å². The fourth-order valence-corrected chi connectivity index (χ4v) is 15.5. The van der Waals surface area contributed by atoms with Gasteiger partial charge in [0.2, 0.25) is 35.4 Å². The summed E-state index contributed by atoms with van der Waals surface area (Å²) in [6, 6.07) is 0. The highest BCUT2D eigenvalue weighted by Crippen LogP contribution is 2.32. The van der Waals surface area contributed by atoms with E-state index in [2.05, 4.69) is 77.6 Å². The molecular weight excluding hydrogens is 1710 g/mol. The molecule has 0 aromatic rings.